The maximum Gasteiger partial charge on any atom is 0.0594 e. The van der Waals surface area contributed by atoms with Gasteiger partial charge in [0.2, 0.25) is 0 Å². The van der Waals surface area contributed by atoms with Crippen LogP contribution in [0.5, 0.6) is 0 Å². The molecule has 0 spiro atoms. The topological polar surface area (TPSA) is 42.3 Å². The van der Waals surface area contributed by atoms with Crippen LogP contribution < -0.4 is 5.32 Å². The first-order valence-electron chi connectivity index (χ1n) is 7.94. The monoisotopic (exact) mass is 320 g/mol. The van der Waals surface area contributed by atoms with Gasteiger partial charge in [-0.05, 0) is 18.4 Å². The summed E-state index contributed by atoms with van der Waals surface area (Å²) >= 11 is 1.84. The van der Waals surface area contributed by atoms with Crippen LogP contribution in [0, 0.1) is 0 Å². The number of morpholine rings is 1. The molecule has 1 aliphatic rings. The molecule has 3 rings (SSSR count). The number of hydrogen-bond donors (Lipinski definition) is 1. The van der Waals surface area contributed by atoms with E-state index < -0.39 is 0 Å². The molecule has 1 unspecified atom stereocenters. The lowest BCUT2D eigenvalue weighted by atomic mass is 10.2. The van der Waals surface area contributed by atoms with Crippen LogP contribution in [-0.2, 0) is 17.8 Å². The lowest BCUT2D eigenvalue weighted by molar-refractivity contribution is 0.0168. The molecule has 120 valence electrons. The summed E-state index contributed by atoms with van der Waals surface area (Å²) in [5, 5.41) is 10.1. The molecule has 5 nitrogen and oxygen atoms in total. The minimum atomic E-state index is 0.435. The molecular formula is C16H24N4OS. The van der Waals surface area contributed by atoms with Gasteiger partial charge in [0.15, 0.2) is 0 Å². The first-order chi connectivity index (χ1) is 10.9. The quantitative estimate of drug-likeness (QED) is 0.849. The highest BCUT2D eigenvalue weighted by atomic mass is 32.1. The molecule has 6 heteroatoms. The maximum atomic E-state index is 5.49. The molecule has 1 atom stereocenters. The Hall–Kier alpha value is -1.21. The molecule has 0 amide bonds. The normalized spacial score (nSPS) is 17.7. The number of ether oxygens (including phenoxy) is 1. The van der Waals surface area contributed by atoms with Gasteiger partial charge in [-0.25, -0.2) is 0 Å². The highest BCUT2D eigenvalue weighted by Gasteiger charge is 2.23. The van der Waals surface area contributed by atoms with Crippen LogP contribution >= 0.6 is 11.3 Å². The van der Waals surface area contributed by atoms with Gasteiger partial charge in [0.1, 0.15) is 0 Å². The van der Waals surface area contributed by atoms with Crippen molar-refractivity contribution in [3.8, 4) is 0 Å². The lowest BCUT2D eigenvalue weighted by Crippen LogP contribution is -2.42. The van der Waals surface area contributed by atoms with Gasteiger partial charge < -0.3 is 10.1 Å². The van der Waals surface area contributed by atoms with Crippen molar-refractivity contribution in [3.63, 3.8) is 0 Å². The first-order valence-corrected chi connectivity index (χ1v) is 8.82. The number of rotatable bonds is 7. The standard InChI is InChI=1S/C16H24N4OS/c1-2-20-13-14(11-18-20)10-17-12-15(16-4-3-9-22-16)19-5-7-21-8-6-19/h3-4,9,11,13,15,17H,2,5-8,10,12H2,1H3. The van der Waals surface area contributed by atoms with Crippen LogP contribution in [0.4, 0.5) is 0 Å². The Morgan fingerprint density at radius 2 is 2.27 bits per heavy atom. The van der Waals surface area contributed by atoms with Gasteiger partial charge in [-0.3, -0.25) is 9.58 Å². The molecule has 3 heterocycles. The molecule has 0 radical (unpaired) electrons. The summed E-state index contributed by atoms with van der Waals surface area (Å²) in [6, 6.07) is 4.81. The van der Waals surface area contributed by atoms with E-state index in [1.807, 2.05) is 22.2 Å². The Morgan fingerprint density at radius 1 is 1.41 bits per heavy atom. The van der Waals surface area contributed by atoms with Crippen molar-refractivity contribution in [2.45, 2.75) is 26.1 Å². The van der Waals surface area contributed by atoms with E-state index >= 15 is 0 Å². The predicted molar refractivity (Wildman–Crippen MR) is 89.1 cm³/mol. The summed E-state index contributed by atoms with van der Waals surface area (Å²) in [5.74, 6) is 0. The molecule has 1 N–H and O–H groups in total. The third kappa shape index (κ3) is 3.95. The van der Waals surface area contributed by atoms with Crippen LogP contribution in [0.1, 0.15) is 23.4 Å². The van der Waals surface area contributed by atoms with Crippen molar-refractivity contribution in [1.82, 2.24) is 20.0 Å². The Labute approximate surface area is 135 Å². The maximum absolute atomic E-state index is 5.49. The summed E-state index contributed by atoms with van der Waals surface area (Å²) < 4.78 is 7.45. The Morgan fingerprint density at radius 3 is 2.95 bits per heavy atom. The minimum absolute atomic E-state index is 0.435. The van der Waals surface area contributed by atoms with Gasteiger partial charge in [0.05, 0.1) is 25.5 Å². The van der Waals surface area contributed by atoms with Crippen LogP contribution in [-0.4, -0.2) is 47.5 Å². The van der Waals surface area contributed by atoms with Crippen LogP contribution in [0.2, 0.25) is 0 Å². The third-order valence-corrected chi connectivity index (χ3v) is 5.01. The second-order valence-corrected chi connectivity index (χ2v) is 6.49. The van der Waals surface area contributed by atoms with E-state index in [1.54, 1.807) is 0 Å². The van der Waals surface area contributed by atoms with E-state index in [0.717, 1.165) is 45.9 Å². The van der Waals surface area contributed by atoms with Crippen LogP contribution in [0.3, 0.4) is 0 Å². The molecule has 1 fully saturated rings. The molecule has 2 aromatic rings. The summed E-state index contributed by atoms with van der Waals surface area (Å²) in [4.78, 5) is 3.95. The van der Waals surface area contributed by atoms with Crippen molar-refractivity contribution in [2.24, 2.45) is 0 Å². The molecule has 0 aliphatic carbocycles. The zero-order valence-corrected chi connectivity index (χ0v) is 13.9. The summed E-state index contributed by atoms with van der Waals surface area (Å²) in [6.07, 6.45) is 4.06. The van der Waals surface area contributed by atoms with Crippen LogP contribution in [0.25, 0.3) is 0 Å². The molecular weight excluding hydrogens is 296 g/mol. The third-order valence-electron chi connectivity index (χ3n) is 4.04. The molecule has 0 saturated carbocycles. The number of nitrogens with one attached hydrogen (secondary N) is 1. The SMILES string of the molecule is CCn1cc(CNCC(c2cccs2)N2CCOCC2)cn1. The largest absolute Gasteiger partial charge is 0.379 e. The van der Waals surface area contributed by atoms with Gasteiger partial charge in [0.25, 0.3) is 0 Å². The number of thiophene rings is 1. The van der Waals surface area contributed by atoms with Crippen molar-refractivity contribution < 1.29 is 4.74 Å². The van der Waals surface area contributed by atoms with Gasteiger partial charge >= 0.3 is 0 Å². The van der Waals surface area contributed by atoms with Gasteiger partial charge in [0, 0.05) is 49.4 Å². The number of nitrogens with zero attached hydrogens (tertiary/aromatic N) is 3. The summed E-state index contributed by atoms with van der Waals surface area (Å²) in [7, 11) is 0. The highest BCUT2D eigenvalue weighted by molar-refractivity contribution is 7.10. The van der Waals surface area contributed by atoms with Gasteiger partial charge in [-0.15, -0.1) is 11.3 Å². The lowest BCUT2D eigenvalue weighted by Gasteiger charge is -2.34. The molecule has 0 bridgehead atoms. The van der Waals surface area contributed by atoms with Crippen molar-refractivity contribution >= 4 is 11.3 Å². The number of aromatic nitrogens is 2. The number of aryl methyl sites for hydroxylation is 1. The van der Waals surface area contributed by atoms with E-state index in [1.165, 1.54) is 10.4 Å². The van der Waals surface area contributed by atoms with Crippen molar-refractivity contribution in [3.05, 3.63) is 40.3 Å². The van der Waals surface area contributed by atoms with E-state index in [0.29, 0.717) is 6.04 Å². The minimum Gasteiger partial charge on any atom is -0.379 e. The second kappa shape index (κ2) is 7.87. The van der Waals surface area contributed by atoms with Crippen molar-refractivity contribution in [1.29, 1.82) is 0 Å². The van der Waals surface area contributed by atoms with Crippen molar-refractivity contribution in [2.75, 3.05) is 32.8 Å². The van der Waals surface area contributed by atoms with Crippen LogP contribution in [0.15, 0.2) is 29.9 Å². The van der Waals surface area contributed by atoms with E-state index in [2.05, 4.69) is 45.9 Å². The van der Waals surface area contributed by atoms with Gasteiger partial charge in [-0.2, -0.15) is 5.10 Å². The smallest absolute Gasteiger partial charge is 0.0594 e. The van der Waals surface area contributed by atoms with E-state index in [4.69, 9.17) is 4.74 Å². The zero-order chi connectivity index (χ0) is 15.2. The molecule has 1 aliphatic heterocycles. The fraction of sp³-hybridized carbons (Fsp3) is 0.562. The highest BCUT2D eigenvalue weighted by Crippen LogP contribution is 2.25. The number of hydrogen-bond acceptors (Lipinski definition) is 5. The second-order valence-electron chi connectivity index (χ2n) is 5.51. The predicted octanol–water partition coefficient (Wildman–Crippen LogP) is 2.13. The van der Waals surface area contributed by atoms with Gasteiger partial charge in [-0.1, -0.05) is 6.07 Å². The zero-order valence-electron chi connectivity index (χ0n) is 13.1. The van der Waals surface area contributed by atoms with E-state index in [9.17, 15) is 0 Å². The first kappa shape index (κ1) is 15.7. The summed E-state index contributed by atoms with van der Waals surface area (Å²) in [5.41, 5.74) is 1.24. The average Bonchev–Trinajstić information content (AvgIpc) is 3.24. The van der Waals surface area contributed by atoms with E-state index in [-0.39, 0.29) is 0 Å². The molecule has 1 saturated heterocycles. The summed E-state index contributed by atoms with van der Waals surface area (Å²) in [6.45, 7) is 8.55. The molecule has 22 heavy (non-hydrogen) atoms. The molecule has 2 aromatic heterocycles. The fourth-order valence-corrected chi connectivity index (χ4v) is 3.66. The average molecular weight is 320 g/mol. The fourth-order valence-electron chi connectivity index (χ4n) is 2.80. The Bertz CT molecular complexity index is 548. The molecule has 0 aromatic carbocycles. The Balaban J connectivity index is 1.57. The Kier molecular flexibility index (Phi) is 5.61.